The minimum atomic E-state index is -0.390. The average Bonchev–Trinajstić information content (AvgIpc) is 2.68. The van der Waals surface area contributed by atoms with Crippen LogP contribution in [0.1, 0.15) is 59.5 Å². The standard InChI is InChI=1S/C23H30N2O4/c1-14(2)24-20-16(9-7-11-18(20)22(26)28-5)13-17-10-8-12-19(23(27)29-6)21(17)25-15(3)4/h7-12,14-15,24-25H,13H2,1-6H3. The van der Waals surface area contributed by atoms with Gasteiger partial charge >= 0.3 is 11.9 Å². The Bertz CT molecular complexity index is 804. The topological polar surface area (TPSA) is 76.7 Å². The highest BCUT2D eigenvalue weighted by Gasteiger charge is 2.20. The molecule has 0 radical (unpaired) electrons. The van der Waals surface area contributed by atoms with Gasteiger partial charge in [-0.2, -0.15) is 0 Å². The summed E-state index contributed by atoms with van der Waals surface area (Å²) in [4.78, 5) is 24.6. The van der Waals surface area contributed by atoms with Crippen molar-refractivity contribution in [2.24, 2.45) is 0 Å². The van der Waals surface area contributed by atoms with Gasteiger partial charge in [0.25, 0.3) is 0 Å². The highest BCUT2D eigenvalue weighted by atomic mass is 16.5. The van der Waals surface area contributed by atoms with Crippen LogP contribution in [0.15, 0.2) is 36.4 Å². The number of esters is 2. The van der Waals surface area contributed by atoms with Crippen LogP contribution in [0, 0.1) is 0 Å². The van der Waals surface area contributed by atoms with Gasteiger partial charge in [-0.1, -0.05) is 24.3 Å². The highest BCUT2D eigenvalue weighted by Crippen LogP contribution is 2.30. The van der Waals surface area contributed by atoms with Crippen LogP contribution in [0.4, 0.5) is 11.4 Å². The molecule has 156 valence electrons. The first-order valence-corrected chi connectivity index (χ1v) is 9.71. The van der Waals surface area contributed by atoms with Crippen molar-refractivity contribution in [3.05, 3.63) is 58.7 Å². The van der Waals surface area contributed by atoms with E-state index in [0.717, 1.165) is 22.5 Å². The molecule has 0 saturated carbocycles. The van der Waals surface area contributed by atoms with E-state index in [-0.39, 0.29) is 24.0 Å². The molecule has 2 aromatic carbocycles. The molecule has 0 aliphatic carbocycles. The Hall–Kier alpha value is -3.02. The van der Waals surface area contributed by atoms with Crippen LogP contribution in [0.3, 0.4) is 0 Å². The van der Waals surface area contributed by atoms with Crippen molar-refractivity contribution in [2.45, 2.75) is 46.2 Å². The van der Waals surface area contributed by atoms with Gasteiger partial charge in [0.05, 0.1) is 36.7 Å². The fourth-order valence-electron chi connectivity index (χ4n) is 3.18. The number of carbonyl (C=O) groups excluding carboxylic acids is 2. The number of ether oxygens (including phenoxy) is 2. The number of hydrogen-bond acceptors (Lipinski definition) is 6. The number of carbonyl (C=O) groups is 2. The van der Waals surface area contributed by atoms with E-state index < -0.39 is 0 Å². The van der Waals surface area contributed by atoms with Gasteiger partial charge in [0, 0.05) is 18.5 Å². The molecule has 0 aliphatic rings. The van der Waals surface area contributed by atoms with Crippen molar-refractivity contribution < 1.29 is 19.1 Å². The van der Waals surface area contributed by atoms with Crippen LogP contribution < -0.4 is 10.6 Å². The fraction of sp³-hybridized carbons (Fsp3) is 0.391. The summed E-state index contributed by atoms with van der Waals surface area (Å²) in [6.07, 6.45) is 0.528. The Morgan fingerprint density at radius 3 is 1.45 bits per heavy atom. The minimum absolute atomic E-state index is 0.134. The van der Waals surface area contributed by atoms with Gasteiger partial charge in [0.15, 0.2) is 0 Å². The zero-order valence-corrected chi connectivity index (χ0v) is 18.0. The van der Waals surface area contributed by atoms with Gasteiger partial charge < -0.3 is 20.1 Å². The number of nitrogens with one attached hydrogen (secondary N) is 2. The number of anilines is 2. The normalized spacial score (nSPS) is 10.8. The number of rotatable bonds is 8. The van der Waals surface area contributed by atoms with Crippen molar-refractivity contribution in [1.29, 1.82) is 0 Å². The second kappa shape index (κ2) is 9.96. The van der Waals surface area contributed by atoms with Crippen molar-refractivity contribution in [2.75, 3.05) is 24.9 Å². The van der Waals surface area contributed by atoms with E-state index in [1.54, 1.807) is 12.1 Å². The average molecular weight is 399 g/mol. The molecule has 0 amide bonds. The SMILES string of the molecule is COC(=O)c1cccc(Cc2cccc(C(=O)OC)c2NC(C)C)c1NC(C)C. The van der Waals surface area contributed by atoms with Crippen LogP contribution in [0.5, 0.6) is 0 Å². The molecule has 0 fully saturated rings. The predicted molar refractivity (Wildman–Crippen MR) is 116 cm³/mol. The fourth-order valence-corrected chi connectivity index (χ4v) is 3.18. The molecule has 6 heteroatoms. The summed E-state index contributed by atoms with van der Waals surface area (Å²) in [5, 5.41) is 6.75. The molecule has 0 spiro atoms. The summed E-state index contributed by atoms with van der Waals surface area (Å²) in [5.41, 5.74) is 4.34. The van der Waals surface area contributed by atoms with E-state index >= 15 is 0 Å². The van der Waals surface area contributed by atoms with Crippen LogP contribution >= 0.6 is 0 Å². The van der Waals surface area contributed by atoms with E-state index in [0.29, 0.717) is 17.5 Å². The molecule has 0 bridgehead atoms. The maximum atomic E-state index is 12.3. The van der Waals surface area contributed by atoms with E-state index in [9.17, 15) is 9.59 Å². The lowest BCUT2D eigenvalue weighted by Gasteiger charge is -2.21. The Labute approximate surface area is 172 Å². The van der Waals surface area contributed by atoms with Gasteiger partial charge in [-0.15, -0.1) is 0 Å². The Balaban J connectivity index is 2.58. The van der Waals surface area contributed by atoms with Crippen molar-refractivity contribution in [3.8, 4) is 0 Å². The summed E-state index contributed by atoms with van der Waals surface area (Å²) in [5.74, 6) is -0.780. The molecule has 0 saturated heterocycles. The molecule has 0 heterocycles. The minimum Gasteiger partial charge on any atom is -0.465 e. The van der Waals surface area contributed by atoms with E-state index in [1.165, 1.54) is 14.2 Å². The Morgan fingerprint density at radius 2 is 1.14 bits per heavy atom. The second-order valence-corrected chi connectivity index (χ2v) is 7.44. The molecule has 0 atom stereocenters. The molecule has 0 aromatic heterocycles. The molecular formula is C23H30N2O4. The first-order valence-electron chi connectivity index (χ1n) is 9.71. The van der Waals surface area contributed by atoms with Crippen molar-refractivity contribution >= 4 is 23.3 Å². The maximum absolute atomic E-state index is 12.3. The first kappa shape index (κ1) is 22.3. The summed E-state index contributed by atoms with van der Waals surface area (Å²) < 4.78 is 9.91. The lowest BCUT2D eigenvalue weighted by Crippen LogP contribution is -2.18. The van der Waals surface area contributed by atoms with Crippen LogP contribution in [-0.2, 0) is 15.9 Å². The molecule has 2 aromatic rings. The van der Waals surface area contributed by atoms with Gasteiger partial charge in [-0.3, -0.25) is 0 Å². The van der Waals surface area contributed by atoms with Crippen LogP contribution in [-0.4, -0.2) is 38.2 Å². The van der Waals surface area contributed by atoms with Gasteiger partial charge in [0.2, 0.25) is 0 Å². The third-order valence-corrected chi connectivity index (χ3v) is 4.36. The second-order valence-electron chi connectivity index (χ2n) is 7.44. The zero-order valence-electron chi connectivity index (χ0n) is 18.0. The molecule has 0 aliphatic heterocycles. The summed E-state index contributed by atoms with van der Waals surface area (Å²) in [6, 6.07) is 11.4. The van der Waals surface area contributed by atoms with Crippen LogP contribution in [0.2, 0.25) is 0 Å². The van der Waals surface area contributed by atoms with E-state index in [2.05, 4.69) is 10.6 Å². The smallest absolute Gasteiger partial charge is 0.339 e. The van der Waals surface area contributed by atoms with Crippen molar-refractivity contribution in [1.82, 2.24) is 0 Å². The number of benzene rings is 2. The van der Waals surface area contributed by atoms with Crippen LogP contribution in [0.25, 0.3) is 0 Å². The summed E-state index contributed by atoms with van der Waals surface area (Å²) in [7, 11) is 2.75. The first-order chi connectivity index (χ1) is 13.8. The third kappa shape index (κ3) is 5.50. The summed E-state index contributed by atoms with van der Waals surface area (Å²) >= 11 is 0. The molecule has 2 N–H and O–H groups in total. The number of methoxy groups -OCH3 is 2. The zero-order chi connectivity index (χ0) is 21.6. The lowest BCUT2D eigenvalue weighted by atomic mass is 9.96. The monoisotopic (exact) mass is 398 g/mol. The summed E-state index contributed by atoms with van der Waals surface area (Å²) in [6.45, 7) is 8.06. The molecule has 29 heavy (non-hydrogen) atoms. The number of para-hydroxylation sites is 2. The number of hydrogen-bond donors (Lipinski definition) is 2. The van der Waals surface area contributed by atoms with Crippen molar-refractivity contribution in [3.63, 3.8) is 0 Å². The molecule has 6 nitrogen and oxygen atoms in total. The van der Waals surface area contributed by atoms with Gasteiger partial charge in [0.1, 0.15) is 0 Å². The lowest BCUT2D eigenvalue weighted by molar-refractivity contribution is 0.0593. The maximum Gasteiger partial charge on any atom is 0.339 e. The molecule has 2 rings (SSSR count). The third-order valence-electron chi connectivity index (χ3n) is 4.36. The van der Waals surface area contributed by atoms with Gasteiger partial charge in [-0.05, 0) is 51.0 Å². The predicted octanol–water partition coefficient (Wildman–Crippen LogP) is 4.49. The van der Waals surface area contributed by atoms with E-state index in [1.807, 2.05) is 52.0 Å². The Kier molecular flexibility index (Phi) is 7.65. The quantitative estimate of drug-likeness (QED) is 0.638. The molecule has 0 unspecified atom stereocenters. The van der Waals surface area contributed by atoms with E-state index in [4.69, 9.17) is 9.47 Å². The molecular weight excluding hydrogens is 368 g/mol. The Morgan fingerprint density at radius 1 is 0.759 bits per heavy atom. The van der Waals surface area contributed by atoms with Gasteiger partial charge in [-0.25, -0.2) is 9.59 Å². The largest absolute Gasteiger partial charge is 0.465 e. The highest BCUT2D eigenvalue weighted by molar-refractivity contribution is 5.98.